The summed E-state index contributed by atoms with van der Waals surface area (Å²) in [4.78, 5) is 27.3. The number of aromatic nitrogens is 2. The molecule has 1 aromatic heterocycles. The average Bonchev–Trinajstić information content (AvgIpc) is 3.37. The van der Waals surface area contributed by atoms with E-state index in [0.717, 1.165) is 62.9 Å². The van der Waals surface area contributed by atoms with Crippen LogP contribution in [0.5, 0.6) is 0 Å². The van der Waals surface area contributed by atoms with Crippen molar-refractivity contribution in [3.63, 3.8) is 0 Å². The first kappa shape index (κ1) is 23.8. The lowest BCUT2D eigenvalue weighted by Crippen LogP contribution is -2.40. The van der Waals surface area contributed by atoms with Crippen molar-refractivity contribution in [1.82, 2.24) is 20.0 Å². The fourth-order valence-electron chi connectivity index (χ4n) is 4.82. The van der Waals surface area contributed by atoms with Gasteiger partial charge in [0.2, 0.25) is 5.91 Å². The Balaban J connectivity index is 1.47. The van der Waals surface area contributed by atoms with Crippen molar-refractivity contribution in [2.24, 2.45) is 5.92 Å². The Morgan fingerprint density at radius 1 is 1.12 bits per heavy atom. The second-order valence-electron chi connectivity index (χ2n) is 9.28. The number of nitrogens with one attached hydrogen (secondary N) is 1. The van der Waals surface area contributed by atoms with Crippen LogP contribution >= 0.6 is 11.6 Å². The van der Waals surface area contributed by atoms with Crippen LogP contribution in [0.4, 0.5) is 0 Å². The SMILES string of the molecule is Cc1cc(-c2ccc(Cl)c(C(=O)NC(O)C3CCCCCC3)c2)nn1CC(=O)N1CCCC1. The van der Waals surface area contributed by atoms with Crippen LogP contribution in [0.3, 0.4) is 0 Å². The first-order valence-corrected chi connectivity index (χ1v) is 12.4. The lowest BCUT2D eigenvalue weighted by atomic mass is 9.98. The molecule has 1 aromatic carbocycles. The normalized spacial score (nSPS) is 18.2. The van der Waals surface area contributed by atoms with Crippen LogP contribution in [0, 0.1) is 12.8 Å². The smallest absolute Gasteiger partial charge is 0.254 e. The number of rotatable bonds is 6. The molecule has 2 heterocycles. The number of hydrogen-bond donors (Lipinski definition) is 2. The molecule has 0 radical (unpaired) electrons. The maximum Gasteiger partial charge on any atom is 0.254 e. The van der Waals surface area contributed by atoms with Crippen molar-refractivity contribution in [2.75, 3.05) is 13.1 Å². The molecule has 2 N–H and O–H groups in total. The molecule has 33 heavy (non-hydrogen) atoms. The predicted molar refractivity (Wildman–Crippen MR) is 128 cm³/mol. The van der Waals surface area contributed by atoms with Gasteiger partial charge in [-0.3, -0.25) is 14.3 Å². The minimum atomic E-state index is -0.881. The van der Waals surface area contributed by atoms with Gasteiger partial charge in [-0.2, -0.15) is 5.10 Å². The zero-order chi connectivity index (χ0) is 23.4. The van der Waals surface area contributed by atoms with Gasteiger partial charge in [0.15, 0.2) is 0 Å². The number of amides is 2. The monoisotopic (exact) mass is 472 g/mol. The van der Waals surface area contributed by atoms with Crippen LogP contribution in [-0.2, 0) is 11.3 Å². The minimum Gasteiger partial charge on any atom is -0.373 e. The zero-order valence-electron chi connectivity index (χ0n) is 19.2. The maximum atomic E-state index is 12.9. The van der Waals surface area contributed by atoms with Crippen molar-refractivity contribution in [3.05, 3.63) is 40.5 Å². The van der Waals surface area contributed by atoms with E-state index in [2.05, 4.69) is 10.4 Å². The summed E-state index contributed by atoms with van der Waals surface area (Å²) in [6.45, 7) is 3.75. The molecule has 2 amide bonds. The highest BCUT2D eigenvalue weighted by atomic mass is 35.5. The Hall–Kier alpha value is -2.38. The fraction of sp³-hybridized carbons (Fsp3) is 0.560. The van der Waals surface area contributed by atoms with Crippen molar-refractivity contribution < 1.29 is 14.7 Å². The summed E-state index contributed by atoms with van der Waals surface area (Å²) in [7, 11) is 0. The summed E-state index contributed by atoms with van der Waals surface area (Å²) in [5.74, 6) is -0.238. The van der Waals surface area contributed by atoms with Gasteiger partial charge in [-0.15, -0.1) is 0 Å². The predicted octanol–water partition coefficient (Wildman–Crippen LogP) is 4.15. The summed E-state index contributed by atoms with van der Waals surface area (Å²) in [5, 5.41) is 18.3. The topological polar surface area (TPSA) is 87.5 Å². The van der Waals surface area contributed by atoms with Gasteiger partial charge in [-0.1, -0.05) is 43.4 Å². The van der Waals surface area contributed by atoms with E-state index in [4.69, 9.17) is 11.6 Å². The molecule has 1 saturated carbocycles. The van der Waals surface area contributed by atoms with E-state index in [9.17, 15) is 14.7 Å². The molecule has 178 valence electrons. The average molecular weight is 473 g/mol. The summed E-state index contributed by atoms with van der Waals surface area (Å²) >= 11 is 6.33. The van der Waals surface area contributed by atoms with Crippen molar-refractivity contribution >= 4 is 23.4 Å². The standard InChI is InChI=1S/C25H33ClN4O3/c1-17-14-22(28-30(17)16-23(31)29-12-6-7-13-29)19-10-11-21(26)20(15-19)25(33)27-24(32)18-8-4-2-3-5-9-18/h10-11,14-15,18,24,32H,2-9,12-13,16H2,1H3,(H,27,33). The number of nitrogens with zero attached hydrogens (tertiary/aromatic N) is 3. The third-order valence-corrected chi connectivity index (χ3v) is 7.19. The van der Waals surface area contributed by atoms with E-state index < -0.39 is 6.23 Å². The van der Waals surface area contributed by atoms with Gasteiger partial charge in [0.25, 0.3) is 5.91 Å². The molecule has 0 spiro atoms. The Morgan fingerprint density at radius 2 is 1.82 bits per heavy atom. The van der Waals surface area contributed by atoms with Crippen LogP contribution < -0.4 is 5.32 Å². The van der Waals surface area contributed by atoms with Crippen molar-refractivity contribution in [1.29, 1.82) is 0 Å². The molecule has 1 unspecified atom stereocenters. The maximum absolute atomic E-state index is 12.9. The van der Waals surface area contributed by atoms with Crippen LogP contribution in [0.1, 0.15) is 67.4 Å². The van der Waals surface area contributed by atoms with Crippen LogP contribution in [0.15, 0.2) is 24.3 Å². The largest absolute Gasteiger partial charge is 0.373 e. The summed E-state index contributed by atoms with van der Waals surface area (Å²) < 4.78 is 1.71. The van der Waals surface area contributed by atoms with E-state index in [-0.39, 0.29) is 24.3 Å². The van der Waals surface area contributed by atoms with Crippen molar-refractivity contribution in [2.45, 2.75) is 71.1 Å². The van der Waals surface area contributed by atoms with Gasteiger partial charge in [-0.25, -0.2) is 0 Å². The lowest BCUT2D eigenvalue weighted by Gasteiger charge is -2.22. The summed E-state index contributed by atoms with van der Waals surface area (Å²) in [5.41, 5.74) is 2.60. The van der Waals surface area contributed by atoms with Gasteiger partial charge in [0.05, 0.1) is 16.3 Å². The highest BCUT2D eigenvalue weighted by Crippen LogP contribution is 2.27. The number of benzene rings is 1. The van der Waals surface area contributed by atoms with Crippen LogP contribution in [-0.4, -0.2) is 50.9 Å². The van der Waals surface area contributed by atoms with E-state index in [1.54, 1.807) is 16.8 Å². The van der Waals surface area contributed by atoms with Gasteiger partial charge < -0.3 is 15.3 Å². The van der Waals surface area contributed by atoms with Gasteiger partial charge in [0.1, 0.15) is 12.8 Å². The lowest BCUT2D eigenvalue weighted by molar-refractivity contribution is -0.130. The van der Waals surface area contributed by atoms with Crippen LogP contribution in [0.2, 0.25) is 5.02 Å². The molecule has 1 atom stereocenters. The molecule has 1 aliphatic carbocycles. The highest BCUT2D eigenvalue weighted by molar-refractivity contribution is 6.34. The number of carbonyl (C=O) groups is 2. The molecule has 8 heteroatoms. The molecular weight excluding hydrogens is 440 g/mol. The molecular formula is C25H33ClN4O3. The Morgan fingerprint density at radius 3 is 2.52 bits per heavy atom. The number of hydrogen-bond acceptors (Lipinski definition) is 4. The Kier molecular flexibility index (Phi) is 7.71. The number of halogens is 1. The summed E-state index contributed by atoms with van der Waals surface area (Å²) in [6.07, 6.45) is 7.59. The molecule has 2 aliphatic rings. The van der Waals surface area contributed by atoms with E-state index in [1.807, 2.05) is 24.0 Å². The minimum absolute atomic E-state index is 0.0740. The van der Waals surface area contributed by atoms with Crippen molar-refractivity contribution in [3.8, 4) is 11.3 Å². The number of carbonyl (C=O) groups excluding carboxylic acids is 2. The second kappa shape index (κ2) is 10.7. The highest BCUT2D eigenvalue weighted by Gasteiger charge is 2.24. The zero-order valence-corrected chi connectivity index (χ0v) is 20.0. The quantitative estimate of drug-likeness (QED) is 0.488. The van der Waals surface area contributed by atoms with Gasteiger partial charge in [-0.05, 0) is 50.8 Å². The first-order valence-electron chi connectivity index (χ1n) is 12.0. The number of aliphatic hydroxyl groups excluding tert-OH is 1. The summed E-state index contributed by atoms with van der Waals surface area (Å²) in [6, 6.07) is 7.09. The van der Waals surface area contributed by atoms with Gasteiger partial charge >= 0.3 is 0 Å². The third kappa shape index (κ3) is 5.76. The molecule has 1 saturated heterocycles. The third-order valence-electron chi connectivity index (χ3n) is 6.86. The number of aliphatic hydroxyl groups is 1. The first-order chi connectivity index (χ1) is 15.9. The molecule has 1 aliphatic heterocycles. The molecule has 2 aromatic rings. The Labute approximate surface area is 200 Å². The van der Waals surface area contributed by atoms with E-state index in [1.165, 1.54) is 12.8 Å². The number of aryl methyl sites for hydroxylation is 1. The molecule has 0 bridgehead atoms. The molecule has 4 rings (SSSR count). The second-order valence-corrected chi connectivity index (χ2v) is 9.69. The van der Waals surface area contributed by atoms with Gasteiger partial charge in [0, 0.05) is 30.3 Å². The fourth-order valence-corrected chi connectivity index (χ4v) is 5.02. The number of likely N-dealkylation sites (tertiary alicyclic amines) is 1. The molecule has 7 nitrogen and oxygen atoms in total. The van der Waals surface area contributed by atoms with Crippen LogP contribution in [0.25, 0.3) is 11.3 Å². The van der Waals surface area contributed by atoms with E-state index in [0.29, 0.717) is 16.3 Å². The molecule has 2 fully saturated rings. The van der Waals surface area contributed by atoms with E-state index >= 15 is 0 Å². The Bertz CT molecular complexity index is 992.